The molecular weight excluding hydrogens is 385 g/mol. The summed E-state index contributed by atoms with van der Waals surface area (Å²) in [5, 5.41) is 15.4. The lowest BCUT2D eigenvalue weighted by atomic mass is 9.78. The average molecular weight is 413 g/mol. The van der Waals surface area contributed by atoms with Crippen LogP contribution in [0.15, 0.2) is 54.6 Å². The van der Waals surface area contributed by atoms with Crippen molar-refractivity contribution in [3.8, 4) is 0 Å². The fraction of sp³-hybridized carbons (Fsp3) is 0.391. The van der Waals surface area contributed by atoms with E-state index in [4.69, 9.17) is 0 Å². The molecule has 1 aliphatic rings. The van der Waals surface area contributed by atoms with E-state index in [1.165, 1.54) is 34.7 Å². The van der Waals surface area contributed by atoms with Crippen LogP contribution in [0.5, 0.6) is 0 Å². The molecule has 0 spiro atoms. The maximum atomic E-state index is 13.4. The molecule has 2 aromatic carbocycles. The molecule has 0 unspecified atom stereocenters. The number of benzene rings is 2. The van der Waals surface area contributed by atoms with Crippen LogP contribution in [-0.2, 0) is 11.3 Å². The van der Waals surface area contributed by atoms with Crippen LogP contribution < -0.4 is 15.5 Å². The van der Waals surface area contributed by atoms with Gasteiger partial charge >= 0.3 is 6.09 Å². The van der Waals surface area contributed by atoms with Crippen molar-refractivity contribution >= 4 is 17.7 Å². The number of rotatable bonds is 7. The SMILES string of the molecule is CCN(C(=O)C1(NC(=O)O)CCC(NCc2ccccc2)CC1)c1ccc(F)cc1. The van der Waals surface area contributed by atoms with Crippen LogP contribution in [0, 0.1) is 5.82 Å². The van der Waals surface area contributed by atoms with E-state index in [0.29, 0.717) is 37.9 Å². The van der Waals surface area contributed by atoms with Crippen LogP contribution in [0.2, 0.25) is 0 Å². The Morgan fingerprint density at radius 1 is 1.10 bits per heavy atom. The van der Waals surface area contributed by atoms with Crippen molar-refractivity contribution in [2.75, 3.05) is 11.4 Å². The smallest absolute Gasteiger partial charge is 0.405 e. The second-order valence-corrected chi connectivity index (χ2v) is 7.68. The first kappa shape index (κ1) is 21.8. The van der Waals surface area contributed by atoms with E-state index in [9.17, 15) is 19.1 Å². The molecule has 0 heterocycles. The maximum Gasteiger partial charge on any atom is 0.405 e. The molecule has 2 amide bonds. The molecule has 0 radical (unpaired) electrons. The first-order valence-corrected chi connectivity index (χ1v) is 10.3. The predicted octanol–water partition coefficient (Wildman–Crippen LogP) is 3.92. The highest BCUT2D eigenvalue weighted by Crippen LogP contribution is 2.32. The maximum absolute atomic E-state index is 13.4. The number of nitrogens with zero attached hydrogens (tertiary/aromatic N) is 1. The molecule has 2 aromatic rings. The summed E-state index contributed by atoms with van der Waals surface area (Å²) in [5.74, 6) is -0.675. The van der Waals surface area contributed by atoms with E-state index in [0.717, 1.165) is 6.54 Å². The first-order chi connectivity index (χ1) is 14.4. The van der Waals surface area contributed by atoms with Crippen molar-refractivity contribution in [3.63, 3.8) is 0 Å². The highest BCUT2D eigenvalue weighted by Gasteiger charge is 2.45. The summed E-state index contributed by atoms with van der Waals surface area (Å²) < 4.78 is 13.3. The lowest BCUT2D eigenvalue weighted by Crippen LogP contribution is -2.62. The highest BCUT2D eigenvalue weighted by atomic mass is 19.1. The number of carbonyl (C=O) groups is 2. The molecule has 3 rings (SSSR count). The number of hydrogen-bond donors (Lipinski definition) is 3. The Balaban J connectivity index is 1.70. The van der Waals surface area contributed by atoms with Crippen molar-refractivity contribution < 1.29 is 19.1 Å². The van der Waals surface area contributed by atoms with Gasteiger partial charge in [0, 0.05) is 24.8 Å². The first-order valence-electron chi connectivity index (χ1n) is 10.3. The van der Waals surface area contributed by atoms with Crippen molar-refractivity contribution in [1.29, 1.82) is 0 Å². The van der Waals surface area contributed by atoms with Crippen molar-refractivity contribution in [2.24, 2.45) is 0 Å². The van der Waals surface area contributed by atoms with Crippen LogP contribution in [0.4, 0.5) is 14.9 Å². The van der Waals surface area contributed by atoms with Crippen LogP contribution >= 0.6 is 0 Å². The van der Waals surface area contributed by atoms with E-state index in [-0.39, 0.29) is 17.8 Å². The van der Waals surface area contributed by atoms with Gasteiger partial charge in [0.2, 0.25) is 0 Å². The molecule has 6 nitrogen and oxygen atoms in total. The van der Waals surface area contributed by atoms with Gasteiger partial charge in [0.15, 0.2) is 0 Å². The molecule has 1 aliphatic carbocycles. The lowest BCUT2D eigenvalue weighted by Gasteiger charge is -2.41. The zero-order chi connectivity index (χ0) is 21.6. The summed E-state index contributed by atoms with van der Waals surface area (Å²) in [7, 11) is 0. The number of likely N-dealkylation sites (N-methyl/N-ethyl adjacent to an activating group) is 1. The van der Waals surface area contributed by atoms with E-state index < -0.39 is 11.6 Å². The van der Waals surface area contributed by atoms with Gasteiger partial charge in [-0.25, -0.2) is 9.18 Å². The minimum Gasteiger partial charge on any atom is -0.465 e. The van der Waals surface area contributed by atoms with Gasteiger partial charge in [-0.15, -0.1) is 0 Å². The van der Waals surface area contributed by atoms with Gasteiger partial charge in [-0.3, -0.25) is 4.79 Å². The molecule has 7 heteroatoms. The molecule has 0 aromatic heterocycles. The van der Waals surface area contributed by atoms with Crippen LogP contribution in [-0.4, -0.2) is 35.2 Å². The normalized spacial score (nSPS) is 21.1. The molecule has 0 aliphatic heterocycles. The van der Waals surface area contributed by atoms with Gasteiger partial charge < -0.3 is 20.6 Å². The van der Waals surface area contributed by atoms with Gasteiger partial charge in [-0.2, -0.15) is 0 Å². The number of halogens is 1. The third-order valence-corrected chi connectivity index (χ3v) is 5.73. The topological polar surface area (TPSA) is 81.7 Å². The summed E-state index contributed by atoms with van der Waals surface area (Å²) in [5.41, 5.74) is 0.559. The summed E-state index contributed by atoms with van der Waals surface area (Å²) in [6.07, 6.45) is 0.957. The molecule has 1 saturated carbocycles. The van der Waals surface area contributed by atoms with E-state index in [2.05, 4.69) is 22.8 Å². The Hall–Kier alpha value is -2.93. The Kier molecular flexibility index (Phi) is 7.05. The Bertz CT molecular complexity index is 850. The van der Waals surface area contributed by atoms with Gasteiger partial charge in [0.1, 0.15) is 11.4 Å². The molecular formula is C23H28FN3O3. The van der Waals surface area contributed by atoms with E-state index in [1.807, 2.05) is 25.1 Å². The zero-order valence-corrected chi connectivity index (χ0v) is 17.1. The minimum atomic E-state index is -1.21. The van der Waals surface area contributed by atoms with Crippen molar-refractivity contribution in [1.82, 2.24) is 10.6 Å². The summed E-state index contributed by atoms with van der Waals surface area (Å²) >= 11 is 0. The fourth-order valence-corrected chi connectivity index (χ4v) is 4.09. The Morgan fingerprint density at radius 2 is 1.73 bits per heavy atom. The molecule has 0 atom stereocenters. The molecule has 0 saturated heterocycles. The third kappa shape index (κ3) is 5.16. The second-order valence-electron chi connectivity index (χ2n) is 7.68. The number of amides is 2. The largest absolute Gasteiger partial charge is 0.465 e. The van der Waals surface area contributed by atoms with Crippen molar-refractivity contribution in [2.45, 2.75) is 50.7 Å². The minimum absolute atomic E-state index is 0.211. The third-order valence-electron chi connectivity index (χ3n) is 5.73. The predicted molar refractivity (Wildman–Crippen MR) is 114 cm³/mol. The van der Waals surface area contributed by atoms with Gasteiger partial charge in [-0.1, -0.05) is 30.3 Å². The van der Waals surface area contributed by atoms with Crippen LogP contribution in [0.3, 0.4) is 0 Å². The standard InChI is InChI=1S/C23H28FN3O3/c1-2-27(20-10-8-18(24)9-11-20)21(28)23(26-22(29)30)14-12-19(13-15-23)25-16-17-6-4-3-5-7-17/h3-11,19,25-26H,2,12-16H2,1H3,(H,29,30). The summed E-state index contributed by atoms with van der Waals surface area (Å²) in [4.78, 5) is 26.5. The highest BCUT2D eigenvalue weighted by molar-refractivity contribution is 6.01. The van der Waals surface area contributed by atoms with E-state index in [1.54, 1.807) is 0 Å². The molecule has 30 heavy (non-hydrogen) atoms. The Morgan fingerprint density at radius 3 is 2.30 bits per heavy atom. The number of carboxylic acid groups (broad SMARTS) is 1. The fourth-order valence-electron chi connectivity index (χ4n) is 4.09. The molecule has 1 fully saturated rings. The molecule has 160 valence electrons. The average Bonchev–Trinajstić information content (AvgIpc) is 2.75. The number of nitrogens with one attached hydrogen (secondary N) is 2. The number of anilines is 1. The van der Waals surface area contributed by atoms with Crippen LogP contribution in [0.1, 0.15) is 38.2 Å². The number of hydrogen-bond acceptors (Lipinski definition) is 3. The summed E-state index contributed by atoms with van der Waals surface area (Å²) in [6.45, 7) is 2.92. The molecule has 0 bridgehead atoms. The number of carbonyl (C=O) groups excluding carboxylic acids is 1. The monoisotopic (exact) mass is 413 g/mol. The lowest BCUT2D eigenvalue weighted by molar-refractivity contribution is -0.126. The Labute approximate surface area is 176 Å². The van der Waals surface area contributed by atoms with Gasteiger partial charge in [0.25, 0.3) is 5.91 Å². The summed E-state index contributed by atoms with van der Waals surface area (Å²) in [6, 6.07) is 16.0. The van der Waals surface area contributed by atoms with Gasteiger partial charge in [-0.05, 0) is 62.4 Å². The zero-order valence-electron chi connectivity index (χ0n) is 17.1. The van der Waals surface area contributed by atoms with Crippen molar-refractivity contribution in [3.05, 3.63) is 66.0 Å². The van der Waals surface area contributed by atoms with Crippen LogP contribution in [0.25, 0.3) is 0 Å². The second kappa shape index (κ2) is 9.71. The van der Waals surface area contributed by atoms with Gasteiger partial charge in [0.05, 0.1) is 0 Å². The molecule has 3 N–H and O–H groups in total. The van der Waals surface area contributed by atoms with E-state index >= 15 is 0 Å². The quantitative estimate of drug-likeness (QED) is 0.643.